The van der Waals surface area contributed by atoms with Crippen LogP contribution in [0.25, 0.3) is 10.8 Å². The summed E-state index contributed by atoms with van der Waals surface area (Å²) in [6.45, 7) is 5.99. The van der Waals surface area contributed by atoms with Crippen molar-refractivity contribution in [2.45, 2.75) is 12.3 Å². The van der Waals surface area contributed by atoms with Crippen LogP contribution in [0.5, 0.6) is 0 Å². The summed E-state index contributed by atoms with van der Waals surface area (Å²) in [7, 11) is 0. The van der Waals surface area contributed by atoms with Gasteiger partial charge in [-0.1, -0.05) is 42.5 Å². The number of nitrogens with zero attached hydrogens (tertiary/aromatic N) is 1. The summed E-state index contributed by atoms with van der Waals surface area (Å²) < 4.78 is 0. The molecule has 2 N–H and O–H groups in total. The highest BCUT2D eigenvalue weighted by Crippen LogP contribution is 2.49. The van der Waals surface area contributed by atoms with E-state index in [0.717, 1.165) is 45.7 Å². The molecule has 24 heavy (non-hydrogen) atoms. The number of hydrogen-bond acceptors (Lipinski definition) is 3. The number of nitrogens with one attached hydrogen (secondary N) is 2. The lowest BCUT2D eigenvalue weighted by molar-refractivity contribution is -0.122. The van der Waals surface area contributed by atoms with Gasteiger partial charge in [-0.2, -0.15) is 0 Å². The summed E-state index contributed by atoms with van der Waals surface area (Å²) in [5.74, 6) is 0.761. The van der Waals surface area contributed by atoms with Gasteiger partial charge >= 0.3 is 0 Å². The molecule has 1 aliphatic heterocycles. The van der Waals surface area contributed by atoms with Crippen molar-refractivity contribution in [2.75, 3.05) is 39.3 Å². The highest BCUT2D eigenvalue weighted by molar-refractivity contribution is 5.89. The first-order valence-electron chi connectivity index (χ1n) is 9.01. The van der Waals surface area contributed by atoms with E-state index in [1.54, 1.807) is 0 Å². The highest BCUT2D eigenvalue weighted by Gasteiger charge is 2.44. The van der Waals surface area contributed by atoms with E-state index in [9.17, 15) is 4.79 Å². The quantitative estimate of drug-likeness (QED) is 0.884. The summed E-state index contributed by atoms with van der Waals surface area (Å²) in [6.07, 6.45) is 0.980. The van der Waals surface area contributed by atoms with Gasteiger partial charge in [0.1, 0.15) is 0 Å². The number of carbonyl (C=O) groups excluding carboxylic acids is 1. The Morgan fingerprint density at radius 1 is 1.12 bits per heavy atom. The van der Waals surface area contributed by atoms with E-state index in [0.29, 0.717) is 5.92 Å². The van der Waals surface area contributed by atoms with Crippen LogP contribution >= 0.6 is 0 Å². The third-order valence-electron chi connectivity index (χ3n) is 5.29. The zero-order valence-electron chi connectivity index (χ0n) is 14.0. The normalized spacial score (nSPS) is 24.0. The van der Waals surface area contributed by atoms with Gasteiger partial charge < -0.3 is 10.6 Å². The van der Waals surface area contributed by atoms with Crippen molar-refractivity contribution in [3.8, 4) is 0 Å². The Morgan fingerprint density at radius 3 is 2.79 bits per heavy atom. The first-order valence-corrected chi connectivity index (χ1v) is 9.01. The molecule has 4 rings (SSSR count). The second-order valence-electron chi connectivity index (χ2n) is 6.90. The molecule has 0 radical (unpaired) electrons. The van der Waals surface area contributed by atoms with Gasteiger partial charge in [0, 0.05) is 45.2 Å². The van der Waals surface area contributed by atoms with Crippen LogP contribution in [0.2, 0.25) is 0 Å². The molecule has 126 valence electrons. The molecular formula is C20H25N3O. The molecule has 1 heterocycles. The van der Waals surface area contributed by atoms with Crippen LogP contribution in [0, 0.1) is 5.92 Å². The van der Waals surface area contributed by atoms with E-state index < -0.39 is 0 Å². The second kappa shape index (κ2) is 6.91. The van der Waals surface area contributed by atoms with Crippen molar-refractivity contribution < 1.29 is 4.79 Å². The summed E-state index contributed by atoms with van der Waals surface area (Å²) >= 11 is 0. The van der Waals surface area contributed by atoms with Crippen LogP contribution in [-0.2, 0) is 4.79 Å². The second-order valence-corrected chi connectivity index (χ2v) is 6.90. The van der Waals surface area contributed by atoms with Crippen LogP contribution in [0.3, 0.4) is 0 Å². The molecule has 2 unspecified atom stereocenters. The Balaban J connectivity index is 1.33. The molecule has 4 nitrogen and oxygen atoms in total. The maximum absolute atomic E-state index is 12.4. The van der Waals surface area contributed by atoms with Gasteiger partial charge in [-0.15, -0.1) is 0 Å². The SMILES string of the molecule is O=C(NCCN1CCNCC1)C1CC1c1cccc2ccccc12. The monoisotopic (exact) mass is 323 g/mol. The van der Waals surface area contributed by atoms with Crippen LogP contribution in [0.1, 0.15) is 17.9 Å². The van der Waals surface area contributed by atoms with E-state index in [1.807, 2.05) is 0 Å². The van der Waals surface area contributed by atoms with Gasteiger partial charge in [0.15, 0.2) is 0 Å². The van der Waals surface area contributed by atoms with E-state index in [-0.39, 0.29) is 11.8 Å². The number of rotatable bonds is 5. The zero-order valence-corrected chi connectivity index (χ0v) is 14.0. The predicted octanol–water partition coefficient (Wildman–Crippen LogP) is 1.96. The molecule has 0 bridgehead atoms. The third kappa shape index (κ3) is 3.30. The maximum Gasteiger partial charge on any atom is 0.223 e. The third-order valence-corrected chi connectivity index (χ3v) is 5.29. The molecule has 2 aliphatic rings. The van der Waals surface area contributed by atoms with Crippen LogP contribution in [0.4, 0.5) is 0 Å². The number of amides is 1. The average Bonchev–Trinajstić information content (AvgIpc) is 3.43. The fraction of sp³-hybridized carbons (Fsp3) is 0.450. The van der Waals surface area contributed by atoms with Gasteiger partial charge in [0.05, 0.1) is 0 Å². The fourth-order valence-electron chi connectivity index (χ4n) is 3.81. The average molecular weight is 323 g/mol. The molecule has 1 saturated carbocycles. The summed E-state index contributed by atoms with van der Waals surface area (Å²) in [5, 5.41) is 9.05. The van der Waals surface area contributed by atoms with Gasteiger partial charge in [-0.3, -0.25) is 9.69 Å². The topological polar surface area (TPSA) is 44.4 Å². The molecule has 4 heteroatoms. The van der Waals surface area contributed by atoms with Crippen molar-refractivity contribution in [1.82, 2.24) is 15.5 Å². The number of piperazine rings is 1. The van der Waals surface area contributed by atoms with Crippen molar-refractivity contribution in [3.05, 3.63) is 48.0 Å². The lowest BCUT2D eigenvalue weighted by atomic mass is 10.00. The maximum atomic E-state index is 12.4. The fourth-order valence-corrected chi connectivity index (χ4v) is 3.81. The Kier molecular flexibility index (Phi) is 4.50. The van der Waals surface area contributed by atoms with Crippen molar-refractivity contribution in [1.29, 1.82) is 0 Å². The molecule has 1 amide bonds. The van der Waals surface area contributed by atoms with E-state index >= 15 is 0 Å². The minimum absolute atomic E-state index is 0.152. The molecule has 1 saturated heterocycles. The molecule has 2 aromatic carbocycles. The van der Waals surface area contributed by atoms with E-state index in [1.165, 1.54) is 16.3 Å². The van der Waals surface area contributed by atoms with Gasteiger partial charge in [-0.05, 0) is 28.7 Å². The molecule has 0 aromatic heterocycles. The Labute approximate surface area is 143 Å². The highest BCUT2D eigenvalue weighted by atomic mass is 16.2. The molecule has 0 spiro atoms. The zero-order chi connectivity index (χ0) is 16.4. The Morgan fingerprint density at radius 2 is 1.92 bits per heavy atom. The standard InChI is InChI=1S/C20H25N3O/c24-20(22-10-13-23-11-8-21-9-12-23)19-14-18(19)17-7-3-5-15-4-1-2-6-16(15)17/h1-7,18-19,21H,8-14H2,(H,22,24). The Bertz CT molecular complexity index is 718. The summed E-state index contributed by atoms with van der Waals surface area (Å²) in [5.41, 5.74) is 1.33. The van der Waals surface area contributed by atoms with E-state index in [4.69, 9.17) is 0 Å². The lowest BCUT2D eigenvalue weighted by Crippen LogP contribution is -2.46. The van der Waals surface area contributed by atoms with Gasteiger partial charge in [-0.25, -0.2) is 0 Å². The summed E-state index contributed by atoms with van der Waals surface area (Å²) in [4.78, 5) is 14.8. The number of fused-ring (bicyclic) bond motifs is 1. The molecular weight excluding hydrogens is 298 g/mol. The van der Waals surface area contributed by atoms with Crippen molar-refractivity contribution in [2.24, 2.45) is 5.92 Å². The van der Waals surface area contributed by atoms with Crippen molar-refractivity contribution >= 4 is 16.7 Å². The predicted molar refractivity (Wildman–Crippen MR) is 97.1 cm³/mol. The van der Waals surface area contributed by atoms with Crippen LogP contribution in [0.15, 0.2) is 42.5 Å². The minimum atomic E-state index is 0.152. The van der Waals surface area contributed by atoms with Gasteiger partial charge in [0.25, 0.3) is 0 Å². The molecule has 1 aliphatic carbocycles. The van der Waals surface area contributed by atoms with Crippen LogP contribution < -0.4 is 10.6 Å². The molecule has 2 fully saturated rings. The van der Waals surface area contributed by atoms with E-state index in [2.05, 4.69) is 58.0 Å². The molecule has 2 aromatic rings. The first kappa shape index (κ1) is 15.6. The smallest absolute Gasteiger partial charge is 0.223 e. The van der Waals surface area contributed by atoms with Crippen LogP contribution in [-0.4, -0.2) is 50.1 Å². The first-order chi connectivity index (χ1) is 11.8. The number of hydrogen-bond donors (Lipinski definition) is 2. The van der Waals surface area contributed by atoms with Crippen molar-refractivity contribution in [3.63, 3.8) is 0 Å². The summed E-state index contributed by atoms with van der Waals surface area (Å²) in [6, 6.07) is 14.9. The number of carbonyl (C=O) groups is 1. The van der Waals surface area contributed by atoms with Gasteiger partial charge in [0.2, 0.25) is 5.91 Å². The minimum Gasteiger partial charge on any atom is -0.355 e. The largest absolute Gasteiger partial charge is 0.355 e. The number of benzene rings is 2. The Hall–Kier alpha value is -1.91. The lowest BCUT2D eigenvalue weighted by Gasteiger charge is -2.27. The molecule has 2 atom stereocenters.